The van der Waals surface area contributed by atoms with Crippen LogP contribution in [0, 0.1) is 5.82 Å². The second-order valence-corrected chi connectivity index (χ2v) is 4.60. The van der Waals surface area contributed by atoms with Gasteiger partial charge in [0.15, 0.2) is 0 Å². The Morgan fingerprint density at radius 3 is 2.58 bits per heavy atom. The molecule has 0 atom stereocenters. The molecule has 0 amide bonds. The van der Waals surface area contributed by atoms with Crippen molar-refractivity contribution >= 4 is 11.6 Å². The smallest absolute Gasteiger partial charge is 0.126 e. The summed E-state index contributed by atoms with van der Waals surface area (Å²) in [5.41, 5.74) is 2.49. The highest BCUT2D eigenvalue weighted by atomic mass is 35.5. The summed E-state index contributed by atoms with van der Waals surface area (Å²) in [5.74, 6) is 0.288. The maximum atomic E-state index is 13.4. The van der Waals surface area contributed by atoms with Crippen LogP contribution in [0.3, 0.4) is 0 Å². The van der Waals surface area contributed by atoms with Crippen molar-refractivity contribution in [2.24, 2.45) is 0 Å². The normalized spacial score (nSPS) is 10.5. The number of hydrogen-bond acceptors (Lipinski definition) is 2. The van der Waals surface area contributed by atoms with Gasteiger partial charge >= 0.3 is 0 Å². The predicted octanol–water partition coefficient (Wildman–Crippen LogP) is 3.87. The van der Waals surface area contributed by atoms with E-state index in [2.05, 4.69) is 5.32 Å². The minimum absolute atomic E-state index is 0.314. The molecule has 0 aliphatic rings. The van der Waals surface area contributed by atoms with Crippen molar-refractivity contribution in [3.05, 3.63) is 52.8 Å². The van der Waals surface area contributed by atoms with E-state index in [-0.39, 0.29) is 5.82 Å². The van der Waals surface area contributed by atoms with Crippen LogP contribution in [0.15, 0.2) is 36.4 Å². The van der Waals surface area contributed by atoms with Gasteiger partial charge in [-0.15, -0.1) is 0 Å². The zero-order chi connectivity index (χ0) is 13.8. The number of halogens is 2. The van der Waals surface area contributed by atoms with E-state index in [9.17, 15) is 4.39 Å². The first kappa shape index (κ1) is 13.8. The van der Waals surface area contributed by atoms with E-state index in [0.717, 1.165) is 17.7 Å². The highest BCUT2D eigenvalue weighted by molar-refractivity contribution is 6.33. The lowest BCUT2D eigenvalue weighted by Gasteiger charge is -2.11. The van der Waals surface area contributed by atoms with Gasteiger partial charge in [-0.05, 0) is 36.9 Å². The SMILES string of the molecule is CNCc1ccc(-c2cc(F)ccc2OC)c(Cl)c1. The number of methoxy groups -OCH3 is 1. The van der Waals surface area contributed by atoms with Crippen molar-refractivity contribution in [3.8, 4) is 16.9 Å². The van der Waals surface area contributed by atoms with Gasteiger partial charge in [-0.2, -0.15) is 0 Å². The third-order valence-corrected chi connectivity index (χ3v) is 3.18. The van der Waals surface area contributed by atoms with Crippen molar-refractivity contribution in [2.75, 3.05) is 14.2 Å². The molecule has 0 aliphatic heterocycles. The Morgan fingerprint density at radius 1 is 1.16 bits per heavy atom. The van der Waals surface area contributed by atoms with E-state index < -0.39 is 0 Å². The first-order valence-corrected chi connectivity index (χ1v) is 6.30. The Hall–Kier alpha value is -1.58. The first-order chi connectivity index (χ1) is 9.15. The molecule has 0 spiro atoms. The second kappa shape index (κ2) is 6.04. The molecule has 2 aromatic carbocycles. The van der Waals surface area contributed by atoms with Gasteiger partial charge in [0.05, 0.1) is 7.11 Å². The van der Waals surface area contributed by atoms with Crippen molar-refractivity contribution in [1.82, 2.24) is 5.32 Å². The van der Waals surface area contributed by atoms with E-state index in [1.54, 1.807) is 13.2 Å². The summed E-state index contributed by atoms with van der Waals surface area (Å²) in [7, 11) is 3.43. The molecular formula is C15H15ClFNO. The van der Waals surface area contributed by atoms with Gasteiger partial charge in [0.2, 0.25) is 0 Å². The average molecular weight is 280 g/mol. The number of benzene rings is 2. The summed E-state index contributed by atoms with van der Waals surface area (Å²) < 4.78 is 18.6. The molecular weight excluding hydrogens is 265 g/mol. The van der Waals surface area contributed by atoms with Crippen LogP contribution in [-0.2, 0) is 6.54 Å². The molecule has 100 valence electrons. The fourth-order valence-corrected chi connectivity index (χ4v) is 2.29. The van der Waals surface area contributed by atoms with Crippen LogP contribution in [0.4, 0.5) is 4.39 Å². The van der Waals surface area contributed by atoms with Crippen LogP contribution in [0.25, 0.3) is 11.1 Å². The molecule has 0 aromatic heterocycles. The van der Waals surface area contributed by atoms with Gasteiger partial charge in [-0.1, -0.05) is 23.7 Å². The predicted molar refractivity (Wildman–Crippen MR) is 76.2 cm³/mol. The molecule has 0 bridgehead atoms. The molecule has 0 unspecified atom stereocenters. The summed E-state index contributed by atoms with van der Waals surface area (Å²) in [6.07, 6.45) is 0. The van der Waals surface area contributed by atoms with Crippen LogP contribution in [0.2, 0.25) is 5.02 Å². The van der Waals surface area contributed by atoms with E-state index in [1.807, 2.05) is 25.2 Å². The molecule has 19 heavy (non-hydrogen) atoms. The quantitative estimate of drug-likeness (QED) is 0.917. The Labute approximate surface area is 117 Å². The monoisotopic (exact) mass is 279 g/mol. The van der Waals surface area contributed by atoms with E-state index in [0.29, 0.717) is 16.3 Å². The molecule has 1 N–H and O–H groups in total. The van der Waals surface area contributed by atoms with Gasteiger partial charge in [0.25, 0.3) is 0 Å². The summed E-state index contributed by atoms with van der Waals surface area (Å²) >= 11 is 6.28. The molecule has 0 aliphatic carbocycles. The Morgan fingerprint density at radius 2 is 1.95 bits per heavy atom. The van der Waals surface area contributed by atoms with E-state index in [1.165, 1.54) is 12.1 Å². The second-order valence-electron chi connectivity index (χ2n) is 4.19. The summed E-state index contributed by atoms with van der Waals surface area (Å²) in [4.78, 5) is 0. The van der Waals surface area contributed by atoms with Crippen LogP contribution in [0.1, 0.15) is 5.56 Å². The Bertz CT molecular complexity index is 586. The van der Waals surface area contributed by atoms with Crippen molar-refractivity contribution in [3.63, 3.8) is 0 Å². The summed E-state index contributed by atoms with van der Waals surface area (Å²) in [6, 6.07) is 10.1. The van der Waals surface area contributed by atoms with Gasteiger partial charge in [-0.3, -0.25) is 0 Å². The third kappa shape index (κ3) is 3.06. The largest absolute Gasteiger partial charge is 0.496 e. The zero-order valence-electron chi connectivity index (χ0n) is 10.8. The summed E-state index contributed by atoms with van der Waals surface area (Å²) in [6.45, 7) is 0.736. The van der Waals surface area contributed by atoms with Gasteiger partial charge in [0, 0.05) is 22.7 Å². The Kier molecular flexibility index (Phi) is 4.40. The molecule has 2 nitrogen and oxygen atoms in total. The fraction of sp³-hybridized carbons (Fsp3) is 0.200. The maximum absolute atomic E-state index is 13.4. The van der Waals surface area contributed by atoms with Crippen LogP contribution in [0.5, 0.6) is 5.75 Å². The van der Waals surface area contributed by atoms with Crippen LogP contribution in [-0.4, -0.2) is 14.2 Å². The number of hydrogen-bond donors (Lipinski definition) is 1. The topological polar surface area (TPSA) is 21.3 Å². The van der Waals surface area contributed by atoms with E-state index >= 15 is 0 Å². The van der Waals surface area contributed by atoms with Crippen molar-refractivity contribution in [2.45, 2.75) is 6.54 Å². The van der Waals surface area contributed by atoms with Crippen LogP contribution >= 0.6 is 11.6 Å². The number of nitrogens with one attached hydrogen (secondary N) is 1. The maximum Gasteiger partial charge on any atom is 0.126 e. The summed E-state index contributed by atoms with van der Waals surface area (Å²) in [5, 5.41) is 3.64. The minimum atomic E-state index is -0.314. The number of ether oxygens (including phenoxy) is 1. The fourth-order valence-electron chi connectivity index (χ4n) is 1.98. The zero-order valence-corrected chi connectivity index (χ0v) is 11.6. The van der Waals surface area contributed by atoms with Crippen LogP contribution < -0.4 is 10.1 Å². The molecule has 2 rings (SSSR count). The van der Waals surface area contributed by atoms with Gasteiger partial charge < -0.3 is 10.1 Å². The molecule has 0 saturated carbocycles. The third-order valence-electron chi connectivity index (χ3n) is 2.87. The van der Waals surface area contributed by atoms with Gasteiger partial charge in [-0.25, -0.2) is 4.39 Å². The lowest BCUT2D eigenvalue weighted by atomic mass is 10.0. The molecule has 4 heteroatoms. The minimum Gasteiger partial charge on any atom is -0.496 e. The van der Waals surface area contributed by atoms with Crippen molar-refractivity contribution < 1.29 is 9.13 Å². The lowest BCUT2D eigenvalue weighted by molar-refractivity contribution is 0.415. The highest BCUT2D eigenvalue weighted by Gasteiger charge is 2.11. The number of rotatable bonds is 4. The highest BCUT2D eigenvalue weighted by Crippen LogP contribution is 2.35. The molecule has 0 fully saturated rings. The molecule has 0 radical (unpaired) electrons. The molecule has 0 heterocycles. The molecule has 0 saturated heterocycles. The van der Waals surface area contributed by atoms with Crippen molar-refractivity contribution in [1.29, 1.82) is 0 Å². The van der Waals surface area contributed by atoms with E-state index in [4.69, 9.17) is 16.3 Å². The standard InChI is InChI=1S/C15H15ClFNO/c1-18-9-10-3-5-12(14(16)7-10)13-8-11(17)4-6-15(13)19-2/h3-8,18H,9H2,1-2H3. The first-order valence-electron chi connectivity index (χ1n) is 5.92. The lowest BCUT2D eigenvalue weighted by Crippen LogP contribution is -2.04. The Balaban J connectivity index is 2.49. The average Bonchev–Trinajstić information content (AvgIpc) is 2.39. The molecule has 2 aromatic rings. The van der Waals surface area contributed by atoms with Gasteiger partial charge in [0.1, 0.15) is 11.6 Å².